The number of benzene rings is 1. The van der Waals surface area contributed by atoms with Crippen molar-refractivity contribution < 1.29 is 4.79 Å². The van der Waals surface area contributed by atoms with E-state index in [-0.39, 0.29) is 23.9 Å². The van der Waals surface area contributed by atoms with Gasteiger partial charge in [0.05, 0.1) is 5.92 Å². The van der Waals surface area contributed by atoms with Gasteiger partial charge in [-0.05, 0) is 36.8 Å². The van der Waals surface area contributed by atoms with E-state index < -0.39 is 0 Å². The van der Waals surface area contributed by atoms with Crippen molar-refractivity contribution in [3.63, 3.8) is 0 Å². The number of nitrogens with two attached hydrogens (primary N) is 1. The topological polar surface area (TPSA) is 55.1 Å². The molecule has 0 spiro atoms. The molecule has 3 nitrogen and oxygen atoms in total. The molecule has 3 heteroatoms. The summed E-state index contributed by atoms with van der Waals surface area (Å²) in [5, 5.41) is 3.05. The van der Waals surface area contributed by atoms with Crippen LogP contribution in [0.4, 0.5) is 0 Å². The van der Waals surface area contributed by atoms with E-state index in [2.05, 4.69) is 23.5 Å². The first kappa shape index (κ1) is 10.8. The highest BCUT2D eigenvalue weighted by Gasteiger charge is 2.37. The molecule has 1 fully saturated rings. The molecule has 3 rings (SSSR count). The molecule has 17 heavy (non-hydrogen) atoms. The Bertz CT molecular complexity index is 444. The van der Waals surface area contributed by atoms with Gasteiger partial charge in [-0.2, -0.15) is 0 Å². The lowest BCUT2D eigenvalue weighted by molar-refractivity contribution is -0.123. The third-order valence-electron chi connectivity index (χ3n) is 3.85. The minimum atomic E-state index is 0.0350. The van der Waals surface area contributed by atoms with Gasteiger partial charge in [0.15, 0.2) is 0 Å². The van der Waals surface area contributed by atoms with E-state index in [0.717, 1.165) is 25.7 Å². The number of aryl methyl sites for hydroxylation is 1. The highest BCUT2D eigenvalue weighted by Crippen LogP contribution is 2.32. The molecule has 3 unspecified atom stereocenters. The average molecular weight is 230 g/mol. The average Bonchev–Trinajstić information content (AvgIpc) is 3.04. The Balaban J connectivity index is 1.77. The van der Waals surface area contributed by atoms with Crippen molar-refractivity contribution in [2.75, 3.05) is 0 Å². The maximum Gasteiger partial charge on any atom is 0.227 e. The molecule has 0 aromatic heterocycles. The lowest BCUT2D eigenvalue weighted by Crippen LogP contribution is -2.35. The summed E-state index contributed by atoms with van der Waals surface area (Å²) in [6.45, 7) is 0. The van der Waals surface area contributed by atoms with Crippen molar-refractivity contribution in [2.24, 2.45) is 5.73 Å². The summed E-state index contributed by atoms with van der Waals surface area (Å²) in [4.78, 5) is 12.2. The van der Waals surface area contributed by atoms with Gasteiger partial charge in [0.25, 0.3) is 0 Å². The summed E-state index contributed by atoms with van der Waals surface area (Å²) in [6, 6.07) is 8.70. The van der Waals surface area contributed by atoms with Crippen molar-refractivity contribution in [2.45, 2.75) is 43.7 Å². The van der Waals surface area contributed by atoms with E-state index in [4.69, 9.17) is 5.73 Å². The summed E-state index contributed by atoms with van der Waals surface area (Å²) in [6.07, 6.45) is 4.10. The van der Waals surface area contributed by atoms with Crippen LogP contribution in [0.5, 0.6) is 0 Å². The van der Waals surface area contributed by atoms with Crippen molar-refractivity contribution in [1.29, 1.82) is 0 Å². The third kappa shape index (κ3) is 2.07. The maximum atomic E-state index is 12.2. The van der Waals surface area contributed by atoms with Crippen molar-refractivity contribution in [1.82, 2.24) is 5.32 Å². The van der Waals surface area contributed by atoms with Crippen LogP contribution < -0.4 is 11.1 Å². The summed E-state index contributed by atoms with van der Waals surface area (Å²) in [5.41, 5.74) is 8.27. The normalized spacial score (nSPS) is 30.5. The number of amides is 1. The zero-order chi connectivity index (χ0) is 11.8. The van der Waals surface area contributed by atoms with Crippen LogP contribution in [0.1, 0.15) is 36.3 Å². The SMILES string of the molecule is NC1CC1NC(=O)C1CCCc2ccccc21. The molecule has 1 saturated carbocycles. The fourth-order valence-corrected chi connectivity index (χ4v) is 2.69. The number of hydrogen-bond acceptors (Lipinski definition) is 2. The molecule has 1 amide bonds. The molecule has 3 atom stereocenters. The minimum Gasteiger partial charge on any atom is -0.351 e. The number of nitrogens with one attached hydrogen (secondary N) is 1. The third-order valence-corrected chi connectivity index (χ3v) is 3.85. The zero-order valence-electron chi connectivity index (χ0n) is 9.86. The Hall–Kier alpha value is -1.35. The Morgan fingerprint density at radius 1 is 1.35 bits per heavy atom. The van der Waals surface area contributed by atoms with Crippen LogP contribution in [0.15, 0.2) is 24.3 Å². The molecule has 0 heterocycles. The number of carbonyl (C=O) groups excluding carboxylic acids is 1. The molecular formula is C14H18N2O. The van der Waals surface area contributed by atoms with Gasteiger partial charge in [-0.1, -0.05) is 24.3 Å². The Kier molecular flexibility index (Phi) is 2.63. The molecular weight excluding hydrogens is 212 g/mol. The minimum absolute atomic E-state index is 0.0350. The van der Waals surface area contributed by atoms with Gasteiger partial charge < -0.3 is 11.1 Å². The van der Waals surface area contributed by atoms with Gasteiger partial charge in [0.2, 0.25) is 5.91 Å². The quantitative estimate of drug-likeness (QED) is 0.805. The number of carbonyl (C=O) groups is 1. The van der Waals surface area contributed by atoms with Gasteiger partial charge in [0, 0.05) is 12.1 Å². The van der Waals surface area contributed by atoms with Crippen molar-refractivity contribution in [3.05, 3.63) is 35.4 Å². The van der Waals surface area contributed by atoms with E-state index in [1.807, 2.05) is 6.07 Å². The summed E-state index contributed by atoms with van der Waals surface area (Å²) in [5.74, 6) is 0.197. The zero-order valence-corrected chi connectivity index (χ0v) is 9.86. The predicted octanol–water partition coefficient (Wildman–Crippen LogP) is 1.32. The second-order valence-electron chi connectivity index (χ2n) is 5.16. The highest BCUT2D eigenvalue weighted by molar-refractivity contribution is 5.85. The van der Waals surface area contributed by atoms with Gasteiger partial charge in [-0.25, -0.2) is 0 Å². The molecule has 0 saturated heterocycles. The molecule has 90 valence electrons. The van der Waals surface area contributed by atoms with Crippen LogP contribution in [0.25, 0.3) is 0 Å². The number of fused-ring (bicyclic) bond motifs is 1. The fourth-order valence-electron chi connectivity index (χ4n) is 2.69. The maximum absolute atomic E-state index is 12.2. The van der Waals surface area contributed by atoms with E-state index in [1.165, 1.54) is 11.1 Å². The van der Waals surface area contributed by atoms with Gasteiger partial charge in [-0.15, -0.1) is 0 Å². The first-order chi connectivity index (χ1) is 8.25. The van der Waals surface area contributed by atoms with Gasteiger partial charge >= 0.3 is 0 Å². The molecule has 2 aliphatic rings. The highest BCUT2D eigenvalue weighted by atomic mass is 16.2. The fraction of sp³-hybridized carbons (Fsp3) is 0.500. The van der Waals surface area contributed by atoms with Crippen molar-refractivity contribution in [3.8, 4) is 0 Å². The van der Waals surface area contributed by atoms with Crippen LogP contribution >= 0.6 is 0 Å². The lowest BCUT2D eigenvalue weighted by Gasteiger charge is -2.24. The second-order valence-corrected chi connectivity index (χ2v) is 5.16. The summed E-state index contributed by atoms with van der Waals surface area (Å²) < 4.78 is 0. The monoisotopic (exact) mass is 230 g/mol. The first-order valence-electron chi connectivity index (χ1n) is 6.39. The largest absolute Gasteiger partial charge is 0.351 e. The second kappa shape index (κ2) is 4.15. The molecule has 0 radical (unpaired) electrons. The van der Waals surface area contributed by atoms with Gasteiger partial charge in [0.1, 0.15) is 0 Å². The first-order valence-corrected chi connectivity index (χ1v) is 6.39. The van der Waals surface area contributed by atoms with Crippen LogP contribution in [0.3, 0.4) is 0 Å². The molecule has 1 aromatic carbocycles. The van der Waals surface area contributed by atoms with Crippen LogP contribution in [0.2, 0.25) is 0 Å². The Morgan fingerprint density at radius 3 is 2.88 bits per heavy atom. The lowest BCUT2D eigenvalue weighted by atomic mass is 9.82. The van der Waals surface area contributed by atoms with E-state index in [9.17, 15) is 4.79 Å². The summed E-state index contributed by atoms with van der Waals surface area (Å²) >= 11 is 0. The Labute approximate surface area is 101 Å². The Morgan fingerprint density at radius 2 is 2.12 bits per heavy atom. The predicted molar refractivity (Wildman–Crippen MR) is 66.6 cm³/mol. The van der Waals surface area contributed by atoms with Crippen LogP contribution in [-0.4, -0.2) is 18.0 Å². The molecule has 1 aromatic rings. The van der Waals surface area contributed by atoms with Crippen LogP contribution in [-0.2, 0) is 11.2 Å². The molecule has 0 bridgehead atoms. The van der Waals surface area contributed by atoms with E-state index >= 15 is 0 Å². The van der Waals surface area contributed by atoms with E-state index in [1.54, 1.807) is 0 Å². The van der Waals surface area contributed by atoms with Crippen LogP contribution in [0, 0.1) is 0 Å². The molecule has 3 N–H and O–H groups in total. The number of rotatable bonds is 2. The molecule has 2 aliphatic carbocycles. The summed E-state index contributed by atoms with van der Waals surface area (Å²) in [7, 11) is 0. The van der Waals surface area contributed by atoms with Gasteiger partial charge in [-0.3, -0.25) is 4.79 Å². The standard InChI is InChI=1S/C14H18N2O/c15-12-8-13(12)16-14(17)11-7-3-5-9-4-1-2-6-10(9)11/h1-2,4,6,11-13H,3,5,7-8,15H2,(H,16,17). The van der Waals surface area contributed by atoms with E-state index in [0.29, 0.717) is 0 Å². The molecule has 0 aliphatic heterocycles. The smallest absolute Gasteiger partial charge is 0.227 e. The van der Waals surface area contributed by atoms with Crippen molar-refractivity contribution >= 4 is 5.91 Å². The number of hydrogen-bond donors (Lipinski definition) is 2.